The van der Waals surface area contributed by atoms with Gasteiger partial charge < -0.3 is 15.5 Å². The van der Waals surface area contributed by atoms with E-state index in [1.165, 1.54) is 5.69 Å². The normalized spacial score (nSPS) is 20.8. The van der Waals surface area contributed by atoms with Crippen molar-refractivity contribution in [1.82, 2.24) is 10.6 Å². The Balaban J connectivity index is 0.00000392. The van der Waals surface area contributed by atoms with Crippen LogP contribution in [-0.4, -0.2) is 53.9 Å². The number of benzene rings is 1. The van der Waals surface area contributed by atoms with Gasteiger partial charge in [0.05, 0.1) is 0 Å². The van der Waals surface area contributed by atoms with Crippen molar-refractivity contribution in [2.45, 2.75) is 57.2 Å². The average molecular weight is 521 g/mol. The van der Waals surface area contributed by atoms with E-state index >= 15 is 0 Å². The van der Waals surface area contributed by atoms with Gasteiger partial charge in [-0.25, -0.2) is 0 Å². The van der Waals surface area contributed by atoms with Gasteiger partial charge in [-0.3, -0.25) is 9.20 Å². The standard InChI is InChI=1S/C21H36N4OS.HI/c1-4-25(19-12-7-6-8-13-19)16-10-15-23-21(22-3)24-18-11-9-14-20(17-18)27(26)5-2;/h6-8,12-13,18,20H,4-5,9-11,14-17H2,1-3H3,(H2,22,23,24);1H. The van der Waals surface area contributed by atoms with Crippen LogP contribution in [0.25, 0.3) is 0 Å². The molecule has 1 aromatic rings. The molecule has 0 radical (unpaired) electrons. The van der Waals surface area contributed by atoms with E-state index in [2.05, 4.69) is 57.8 Å². The number of aliphatic imine (C=N–C) groups is 1. The first-order valence-corrected chi connectivity index (χ1v) is 11.7. The van der Waals surface area contributed by atoms with Gasteiger partial charge in [-0.1, -0.05) is 31.5 Å². The third kappa shape index (κ3) is 8.27. The lowest BCUT2D eigenvalue weighted by atomic mass is 9.95. The van der Waals surface area contributed by atoms with Crippen molar-refractivity contribution in [3.8, 4) is 0 Å². The second kappa shape index (κ2) is 14.2. The number of hydrogen-bond donors (Lipinski definition) is 2. The molecule has 1 aromatic carbocycles. The second-order valence-electron chi connectivity index (χ2n) is 7.07. The number of nitrogens with zero attached hydrogens (tertiary/aromatic N) is 2. The number of guanidine groups is 1. The van der Waals surface area contributed by atoms with E-state index in [4.69, 9.17) is 0 Å². The molecule has 0 heterocycles. The summed E-state index contributed by atoms with van der Waals surface area (Å²) in [4.78, 5) is 6.76. The molecule has 7 heteroatoms. The monoisotopic (exact) mass is 520 g/mol. The SMILES string of the molecule is CCN(CCCNC(=NC)NC1CCCC(S(=O)CC)C1)c1ccccc1.I. The topological polar surface area (TPSA) is 56.7 Å². The largest absolute Gasteiger partial charge is 0.372 e. The van der Waals surface area contributed by atoms with E-state index in [-0.39, 0.29) is 24.0 Å². The van der Waals surface area contributed by atoms with Crippen LogP contribution in [0.15, 0.2) is 35.3 Å². The summed E-state index contributed by atoms with van der Waals surface area (Å²) in [6, 6.07) is 10.9. The highest BCUT2D eigenvalue weighted by Crippen LogP contribution is 2.23. The number of anilines is 1. The molecule has 0 aromatic heterocycles. The molecule has 2 rings (SSSR count). The highest BCUT2D eigenvalue weighted by Gasteiger charge is 2.25. The number of halogens is 1. The van der Waals surface area contributed by atoms with Crippen molar-refractivity contribution >= 4 is 46.4 Å². The Hall–Kier alpha value is -0.830. The highest BCUT2D eigenvalue weighted by molar-refractivity contribution is 14.0. The fraction of sp³-hybridized carbons (Fsp3) is 0.667. The van der Waals surface area contributed by atoms with Crippen LogP contribution in [0.4, 0.5) is 5.69 Å². The molecule has 2 N–H and O–H groups in total. The van der Waals surface area contributed by atoms with E-state index in [1.54, 1.807) is 0 Å². The Morgan fingerprint density at radius 2 is 2.00 bits per heavy atom. The molecular formula is C21H37IN4OS. The third-order valence-electron chi connectivity index (χ3n) is 5.25. The number of nitrogens with one attached hydrogen (secondary N) is 2. The summed E-state index contributed by atoms with van der Waals surface area (Å²) < 4.78 is 12.1. The second-order valence-corrected chi connectivity index (χ2v) is 9.07. The Morgan fingerprint density at radius 3 is 2.64 bits per heavy atom. The van der Waals surface area contributed by atoms with Gasteiger partial charge in [0.2, 0.25) is 0 Å². The molecule has 28 heavy (non-hydrogen) atoms. The summed E-state index contributed by atoms with van der Waals surface area (Å²) in [7, 11) is 1.13. The first-order chi connectivity index (χ1) is 13.2. The molecular weight excluding hydrogens is 483 g/mol. The van der Waals surface area contributed by atoms with Crippen molar-refractivity contribution in [3.63, 3.8) is 0 Å². The van der Waals surface area contributed by atoms with Crippen molar-refractivity contribution in [2.24, 2.45) is 4.99 Å². The van der Waals surface area contributed by atoms with Gasteiger partial charge in [0.15, 0.2) is 5.96 Å². The summed E-state index contributed by atoms with van der Waals surface area (Å²) in [5.74, 6) is 1.63. The fourth-order valence-corrected chi connectivity index (χ4v) is 5.07. The lowest BCUT2D eigenvalue weighted by Crippen LogP contribution is -2.47. The van der Waals surface area contributed by atoms with E-state index in [0.717, 1.165) is 63.5 Å². The average Bonchev–Trinajstić information content (AvgIpc) is 2.73. The minimum Gasteiger partial charge on any atom is -0.372 e. The number of rotatable bonds is 9. The predicted octanol–water partition coefficient (Wildman–Crippen LogP) is 3.77. The van der Waals surface area contributed by atoms with Crippen molar-refractivity contribution < 1.29 is 4.21 Å². The first-order valence-electron chi connectivity index (χ1n) is 10.3. The molecule has 0 spiro atoms. The van der Waals surface area contributed by atoms with Gasteiger partial charge >= 0.3 is 0 Å². The molecule has 3 atom stereocenters. The molecule has 1 fully saturated rings. The fourth-order valence-electron chi connectivity index (χ4n) is 3.72. The van der Waals surface area contributed by atoms with E-state index in [1.807, 2.05) is 14.0 Å². The molecule has 5 nitrogen and oxygen atoms in total. The molecule has 0 saturated heterocycles. The Labute approximate surface area is 190 Å². The highest BCUT2D eigenvalue weighted by atomic mass is 127. The van der Waals surface area contributed by atoms with E-state index < -0.39 is 10.8 Å². The van der Waals surface area contributed by atoms with Crippen LogP contribution >= 0.6 is 24.0 Å². The van der Waals surface area contributed by atoms with Gasteiger partial charge in [0, 0.05) is 60.2 Å². The summed E-state index contributed by atoms with van der Waals surface area (Å²) in [5, 5.41) is 7.32. The lowest BCUT2D eigenvalue weighted by molar-refractivity contribution is 0.413. The maximum Gasteiger partial charge on any atom is 0.191 e. The van der Waals surface area contributed by atoms with Crippen molar-refractivity contribution in [3.05, 3.63) is 30.3 Å². The van der Waals surface area contributed by atoms with Crippen LogP contribution in [0, 0.1) is 0 Å². The molecule has 1 aliphatic carbocycles. The van der Waals surface area contributed by atoms with Crippen LogP contribution < -0.4 is 15.5 Å². The molecule has 0 bridgehead atoms. The zero-order valence-corrected chi connectivity index (χ0v) is 20.7. The zero-order chi connectivity index (χ0) is 19.5. The molecule has 0 amide bonds. The minimum absolute atomic E-state index is 0. The van der Waals surface area contributed by atoms with Gasteiger partial charge in [0.25, 0.3) is 0 Å². The molecule has 1 aliphatic rings. The van der Waals surface area contributed by atoms with Crippen LogP contribution in [0.3, 0.4) is 0 Å². The molecule has 160 valence electrons. The molecule has 0 aliphatic heterocycles. The summed E-state index contributed by atoms with van der Waals surface area (Å²) in [5.41, 5.74) is 1.28. The van der Waals surface area contributed by atoms with Crippen LogP contribution in [-0.2, 0) is 10.8 Å². The zero-order valence-electron chi connectivity index (χ0n) is 17.5. The maximum atomic E-state index is 12.1. The quantitative estimate of drug-likeness (QED) is 0.225. The van der Waals surface area contributed by atoms with Crippen molar-refractivity contribution in [2.75, 3.05) is 37.3 Å². The summed E-state index contributed by atoms with van der Waals surface area (Å²) in [6.07, 6.45) is 5.41. The predicted molar refractivity (Wildman–Crippen MR) is 134 cm³/mol. The minimum atomic E-state index is -0.688. The maximum absolute atomic E-state index is 12.1. The van der Waals surface area contributed by atoms with Gasteiger partial charge in [0.1, 0.15) is 0 Å². The first kappa shape index (κ1) is 25.2. The van der Waals surface area contributed by atoms with Crippen LogP contribution in [0.2, 0.25) is 0 Å². The van der Waals surface area contributed by atoms with E-state index in [9.17, 15) is 4.21 Å². The van der Waals surface area contributed by atoms with Crippen LogP contribution in [0.1, 0.15) is 46.0 Å². The third-order valence-corrected chi connectivity index (χ3v) is 6.99. The Bertz CT molecular complexity index is 599. The van der Waals surface area contributed by atoms with Gasteiger partial charge in [-0.2, -0.15) is 0 Å². The van der Waals surface area contributed by atoms with Crippen molar-refractivity contribution in [1.29, 1.82) is 0 Å². The van der Waals surface area contributed by atoms with Crippen LogP contribution in [0.5, 0.6) is 0 Å². The van der Waals surface area contributed by atoms with Gasteiger partial charge in [-0.15, -0.1) is 24.0 Å². The number of hydrogen-bond acceptors (Lipinski definition) is 3. The smallest absolute Gasteiger partial charge is 0.191 e. The molecule has 1 saturated carbocycles. The Morgan fingerprint density at radius 1 is 1.25 bits per heavy atom. The van der Waals surface area contributed by atoms with E-state index in [0.29, 0.717) is 11.3 Å². The summed E-state index contributed by atoms with van der Waals surface area (Å²) >= 11 is 0. The molecule has 3 unspecified atom stereocenters. The van der Waals surface area contributed by atoms with Gasteiger partial charge in [-0.05, 0) is 44.7 Å². The summed E-state index contributed by atoms with van der Waals surface area (Å²) in [6.45, 7) is 7.13. The lowest BCUT2D eigenvalue weighted by Gasteiger charge is -2.30. The number of para-hydroxylation sites is 1. The Kier molecular flexibility index (Phi) is 12.8.